The Morgan fingerprint density at radius 1 is 1.22 bits per heavy atom. The minimum Gasteiger partial charge on any atom is -0.326 e. The van der Waals surface area contributed by atoms with Crippen molar-refractivity contribution < 1.29 is 0 Å². The van der Waals surface area contributed by atoms with Crippen LogP contribution in [-0.2, 0) is 13.6 Å². The average Bonchev–Trinajstić information content (AvgIpc) is 2.57. The fourth-order valence-electron chi connectivity index (χ4n) is 1.94. The van der Waals surface area contributed by atoms with E-state index in [0.717, 1.165) is 27.0 Å². The van der Waals surface area contributed by atoms with Crippen molar-refractivity contribution in [1.82, 2.24) is 14.8 Å². The molecule has 0 bridgehead atoms. The van der Waals surface area contributed by atoms with Gasteiger partial charge in [-0.25, -0.2) is 4.98 Å². The summed E-state index contributed by atoms with van der Waals surface area (Å²) in [5, 5.41) is 6.41. The van der Waals surface area contributed by atoms with Gasteiger partial charge in [0, 0.05) is 24.8 Å². The minimum atomic E-state index is 0.512. The second-order valence-electron chi connectivity index (χ2n) is 4.42. The first-order valence-corrected chi connectivity index (χ1v) is 6.68. The van der Waals surface area contributed by atoms with E-state index in [-0.39, 0.29) is 0 Å². The van der Waals surface area contributed by atoms with Gasteiger partial charge in [-0.15, -0.1) is 0 Å². The van der Waals surface area contributed by atoms with Gasteiger partial charge in [-0.05, 0) is 38.5 Å². The van der Waals surface area contributed by atoms with Crippen molar-refractivity contribution in [3.05, 3.63) is 34.6 Å². The molecule has 2 aromatic heterocycles. The largest absolute Gasteiger partial charge is 0.326 e. The van der Waals surface area contributed by atoms with Crippen LogP contribution < -0.4 is 5.73 Å². The fourth-order valence-corrected chi connectivity index (χ4v) is 3.10. The molecule has 0 unspecified atom stereocenters. The van der Waals surface area contributed by atoms with Gasteiger partial charge in [-0.3, -0.25) is 4.68 Å². The molecule has 2 rings (SSSR count). The van der Waals surface area contributed by atoms with E-state index in [1.807, 2.05) is 25.6 Å². The zero-order valence-electron chi connectivity index (χ0n) is 11.2. The maximum Gasteiger partial charge on any atom is 0.107 e. The van der Waals surface area contributed by atoms with E-state index in [9.17, 15) is 0 Å². The van der Waals surface area contributed by atoms with Gasteiger partial charge in [0.1, 0.15) is 10.1 Å². The second-order valence-corrected chi connectivity index (χ2v) is 5.43. The molecule has 2 aromatic rings. The van der Waals surface area contributed by atoms with E-state index in [1.54, 1.807) is 11.8 Å². The van der Waals surface area contributed by atoms with Crippen molar-refractivity contribution in [2.24, 2.45) is 12.8 Å². The Morgan fingerprint density at radius 2 is 1.94 bits per heavy atom. The SMILES string of the molecule is Cc1cc(C)c(CN)c(Sc2cc(C)nn2C)n1. The minimum absolute atomic E-state index is 0.512. The molecule has 0 radical (unpaired) electrons. The summed E-state index contributed by atoms with van der Waals surface area (Å²) in [5.41, 5.74) is 10.2. The molecule has 0 saturated heterocycles. The lowest BCUT2D eigenvalue weighted by Crippen LogP contribution is -2.04. The summed E-state index contributed by atoms with van der Waals surface area (Å²) in [6.07, 6.45) is 0. The molecule has 2 heterocycles. The number of hydrogen-bond acceptors (Lipinski definition) is 4. The molecule has 0 aromatic carbocycles. The Morgan fingerprint density at radius 3 is 2.50 bits per heavy atom. The number of nitrogens with zero attached hydrogens (tertiary/aromatic N) is 3. The van der Waals surface area contributed by atoms with Crippen molar-refractivity contribution in [2.75, 3.05) is 0 Å². The molecule has 5 heteroatoms. The van der Waals surface area contributed by atoms with Gasteiger partial charge in [-0.2, -0.15) is 5.10 Å². The molecule has 2 N–H and O–H groups in total. The van der Waals surface area contributed by atoms with Crippen molar-refractivity contribution in [3.8, 4) is 0 Å². The van der Waals surface area contributed by atoms with E-state index in [2.05, 4.69) is 29.1 Å². The Hall–Kier alpha value is -1.33. The van der Waals surface area contributed by atoms with Crippen LogP contribution in [0.4, 0.5) is 0 Å². The Kier molecular flexibility index (Phi) is 3.73. The lowest BCUT2D eigenvalue weighted by molar-refractivity contribution is 0.691. The fraction of sp³-hybridized carbons (Fsp3) is 0.385. The Balaban J connectivity index is 2.42. The second kappa shape index (κ2) is 5.12. The van der Waals surface area contributed by atoms with E-state index < -0.39 is 0 Å². The lowest BCUT2D eigenvalue weighted by Gasteiger charge is -2.10. The molecule has 0 amide bonds. The average molecular weight is 262 g/mol. The molecule has 0 fully saturated rings. The van der Waals surface area contributed by atoms with Crippen molar-refractivity contribution in [2.45, 2.75) is 37.4 Å². The van der Waals surface area contributed by atoms with Gasteiger partial charge in [0.2, 0.25) is 0 Å². The zero-order valence-corrected chi connectivity index (χ0v) is 12.0. The summed E-state index contributed by atoms with van der Waals surface area (Å²) in [4.78, 5) is 4.59. The van der Waals surface area contributed by atoms with Gasteiger partial charge in [0.15, 0.2) is 0 Å². The van der Waals surface area contributed by atoms with E-state index in [0.29, 0.717) is 6.54 Å². The highest BCUT2D eigenvalue weighted by atomic mass is 32.2. The topological polar surface area (TPSA) is 56.7 Å². The van der Waals surface area contributed by atoms with Gasteiger partial charge >= 0.3 is 0 Å². The lowest BCUT2D eigenvalue weighted by atomic mass is 10.1. The Bertz CT molecular complexity index is 575. The van der Waals surface area contributed by atoms with Crippen LogP contribution in [0.3, 0.4) is 0 Å². The summed E-state index contributed by atoms with van der Waals surface area (Å²) in [7, 11) is 1.94. The maximum absolute atomic E-state index is 5.82. The first-order valence-electron chi connectivity index (χ1n) is 5.87. The van der Waals surface area contributed by atoms with Crippen LogP contribution in [0.25, 0.3) is 0 Å². The quantitative estimate of drug-likeness (QED) is 0.922. The van der Waals surface area contributed by atoms with Gasteiger partial charge in [0.25, 0.3) is 0 Å². The Labute approximate surface area is 112 Å². The molecular formula is C13H18N4S. The molecule has 0 atom stereocenters. The van der Waals surface area contributed by atoms with Crippen molar-refractivity contribution >= 4 is 11.8 Å². The molecule has 4 nitrogen and oxygen atoms in total. The third kappa shape index (κ3) is 2.57. The molecular weight excluding hydrogens is 244 g/mol. The normalized spacial score (nSPS) is 10.9. The van der Waals surface area contributed by atoms with E-state index in [1.165, 1.54) is 5.56 Å². The number of aromatic nitrogens is 3. The standard InChI is InChI=1S/C13H18N4S/c1-8-5-9(2)15-13(11(8)7-14)18-12-6-10(3)16-17(12)4/h5-6H,7,14H2,1-4H3. The molecule has 0 saturated carbocycles. The molecule has 96 valence electrons. The summed E-state index contributed by atoms with van der Waals surface area (Å²) >= 11 is 1.62. The highest BCUT2D eigenvalue weighted by Crippen LogP contribution is 2.30. The smallest absolute Gasteiger partial charge is 0.107 e. The van der Waals surface area contributed by atoms with Gasteiger partial charge < -0.3 is 5.73 Å². The van der Waals surface area contributed by atoms with Crippen LogP contribution in [0, 0.1) is 20.8 Å². The molecule has 0 spiro atoms. The zero-order chi connectivity index (χ0) is 13.3. The van der Waals surface area contributed by atoms with Crippen LogP contribution in [0.2, 0.25) is 0 Å². The molecule has 0 aliphatic heterocycles. The highest BCUT2D eigenvalue weighted by Gasteiger charge is 2.11. The number of aryl methyl sites for hydroxylation is 4. The molecule has 0 aliphatic carbocycles. The molecule has 0 aliphatic rings. The van der Waals surface area contributed by atoms with Crippen molar-refractivity contribution in [1.29, 1.82) is 0 Å². The summed E-state index contributed by atoms with van der Waals surface area (Å²) in [6.45, 7) is 6.59. The summed E-state index contributed by atoms with van der Waals surface area (Å²) in [6, 6.07) is 4.13. The van der Waals surface area contributed by atoms with Crippen molar-refractivity contribution in [3.63, 3.8) is 0 Å². The third-order valence-corrected chi connectivity index (χ3v) is 3.92. The van der Waals surface area contributed by atoms with Crippen LogP contribution in [0.5, 0.6) is 0 Å². The van der Waals surface area contributed by atoms with Gasteiger partial charge in [0.05, 0.1) is 5.69 Å². The number of pyridine rings is 1. The first kappa shape index (κ1) is 13.1. The number of hydrogen-bond donors (Lipinski definition) is 1. The third-order valence-electron chi connectivity index (χ3n) is 2.80. The van der Waals surface area contributed by atoms with E-state index >= 15 is 0 Å². The van der Waals surface area contributed by atoms with Gasteiger partial charge in [-0.1, -0.05) is 11.8 Å². The summed E-state index contributed by atoms with van der Waals surface area (Å²) in [5.74, 6) is 0. The maximum atomic E-state index is 5.82. The predicted molar refractivity (Wildman–Crippen MR) is 73.7 cm³/mol. The predicted octanol–water partition coefficient (Wildman–Crippen LogP) is 2.35. The molecule has 18 heavy (non-hydrogen) atoms. The highest BCUT2D eigenvalue weighted by molar-refractivity contribution is 7.99. The van der Waals surface area contributed by atoms with Crippen LogP contribution in [-0.4, -0.2) is 14.8 Å². The summed E-state index contributed by atoms with van der Waals surface area (Å²) < 4.78 is 1.87. The van der Waals surface area contributed by atoms with Crippen LogP contribution >= 0.6 is 11.8 Å². The monoisotopic (exact) mass is 262 g/mol. The van der Waals surface area contributed by atoms with Crippen LogP contribution in [0.1, 0.15) is 22.5 Å². The van der Waals surface area contributed by atoms with E-state index in [4.69, 9.17) is 5.73 Å². The number of nitrogens with two attached hydrogens (primary N) is 1. The van der Waals surface area contributed by atoms with Crippen LogP contribution in [0.15, 0.2) is 22.2 Å². The first-order chi connectivity index (χ1) is 8.51. The number of rotatable bonds is 3.